The number of methoxy groups -OCH3 is 2. The van der Waals surface area contributed by atoms with Gasteiger partial charge in [0.1, 0.15) is 5.01 Å². The molecule has 2 aromatic heterocycles. The summed E-state index contributed by atoms with van der Waals surface area (Å²) in [5.74, 6) is 2.54. The van der Waals surface area contributed by atoms with E-state index in [1.807, 2.05) is 23.6 Å². The van der Waals surface area contributed by atoms with Crippen LogP contribution in [0.15, 0.2) is 28.1 Å². The first kappa shape index (κ1) is 20.6. The van der Waals surface area contributed by atoms with E-state index in [9.17, 15) is 0 Å². The number of halogens is 1. The standard InChI is InChI=1S/C19H22N4O3S.ClH/c1-24-14-6-5-12(9-15(14)25-2)17-21-13(11-27-17)10-16-22-18(23-26-16)19(20)7-3-4-8-19;/h5-6,9,11H,3-4,7-8,10,20H2,1-2H3;1H. The van der Waals surface area contributed by atoms with Crippen LogP contribution in [0.2, 0.25) is 0 Å². The zero-order valence-corrected chi connectivity index (χ0v) is 17.4. The van der Waals surface area contributed by atoms with Crippen LogP contribution in [0.25, 0.3) is 10.6 Å². The maximum absolute atomic E-state index is 6.40. The van der Waals surface area contributed by atoms with Crippen molar-refractivity contribution < 1.29 is 14.0 Å². The Hall–Kier alpha value is -2.16. The molecule has 7 nitrogen and oxygen atoms in total. The van der Waals surface area contributed by atoms with Gasteiger partial charge in [-0.2, -0.15) is 4.98 Å². The molecule has 28 heavy (non-hydrogen) atoms. The van der Waals surface area contributed by atoms with Crippen molar-refractivity contribution in [2.24, 2.45) is 5.73 Å². The number of aromatic nitrogens is 3. The molecule has 0 spiro atoms. The van der Waals surface area contributed by atoms with Gasteiger partial charge in [-0.1, -0.05) is 18.0 Å². The molecule has 0 aliphatic heterocycles. The molecule has 0 saturated heterocycles. The monoisotopic (exact) mass is 422 g/mol. The summed E-state index contributed by atoms with van der Waals surface area (Å²) >= 11 is 1.56. The molecule has 0 atom stereocenters. The van der Waals surface area contributed by atoms with E-state index in [1.165, 1.54) is 0 Å². The zero-order chi connectivity index (χ0) is 18.9. The fraction of sp³-hybridized carbons (Fsp3) is 0.421. The topological polar surface area (TPSA) is 96.3 Å². The van der Waals surface area contributed by atoms with Crippen LogP contribution in [-0.4, -0.2) is 29.3 Å². The van der Waals surface area contributed by atoms with Gasteiger partial charge in [0, 0.05) is 10.9 Å². The number of rotatable bonds is 6. The number of benzene rings is 1. The third-order valence-corrected chi connectivity index (χ3v) is 5.86. The molecule has 150 valence electrons. The highest BCUT2D eigenvalue weighted by Crippen LogP contribution is 2.35. The highest BCUT2D eigenvalue weighted by molar-refractivity contribution is 7.13. The van der Waals surface area contributed by atoms with Crippen molar-refractivity contribution in [3.63, 3.8) is 0 Å². The number of thiazole rings is 1. The van der Waals surface area contributed by atoms with Crippen molar-refractivity contribution in [1.29, 1.82) is 0 Å². The van der Waals surface area contributed by atoms with E-state index >= 15 is 0 Å². The molecule has 1 saturated carbocycles. The van der Waals surface area contributed by atoms with E-state index in [-0.39, 0.29) is 12.4 Å². The van der Waals surface area contributed by atoms with Crippen molar-refractivity contribution in [1.82, 2.24) is 15.1 Å². The quantitative estimate of drug-likeness (QED) is 0.642. The molecule has 9 heteroatoms. The van der Waals surface area contributed by atoms with Crippen LogP contribution in [0.5, 0.6) is 11.5 Å². The lowest BCUT2D eigenvalue weighted by Gasteiger charge is -2.17. The third-order valence-electron chi connectivity index (χ3n) is 4.92. The van der Waals surface area contributed by atoms with Crippen LogP contribution >= 0.6 is 23.7 Å². The van der Waals surface area contributed by atoms with Crippen LogP contribution < -0.4 is 15.2 Å². The molecule has 2 N–H and O–H groups in total. The predicted octanol–water partition coefficient (Wildman–Crippen LogP) is 3.95. The second kappa shape index (κ2) is 8.46. The summed E-state index contributed by atoms with van der Waals surface area (Å²) < 4.78 is 16.1. The normalized spacial score (nSPS) is 15.2. The largest absolute Gasteiger partial charge is 0.493 e. The lowest BCUT2D eigenvalue weighted by atomic mass is 9.99. The molecule has 1 aliphatic rings. The van der Waals surface area contributed by atoms with Crippen molar-refractivity contribution in [2.45, 2.75) is 37.6 Å². The maximum Gasteiger partial charge on any atom is 0.232 e. The Balaban J connectivity index is 0.00000225. The molecule has 2 heterocycles. The summed E-state index contributed by atoms with van der Waals surface area (Å²) in [4.78, 5) is 9.21. The van der Waals surface area contributed by atoms with Crippen LogP contribution in [-0.2, 0) is 12.0 Å². The average molecular weight is 423 g/mol. The highest BCUT2D eigenvalue weighted by atomic mass is 35.5. The van der Waals surface area contributed by atoms with Crippen molar-refractivity contribution in [3.8, 4) is 22.1 Å². The first-order valence-electron chi connectivity index (χ1n) is 8.90. The molecule has 0 unspecified atom stereocenters. The number of ether oxygens (including phenoxy) is 2. The summed E-state index contributed by atoms with van der Waals surface area (Å²) in [6.07, 6.45) is 4.54. The van der Waals surface area contributed by atoms with Gasteiger partial charge in [-0.05, 0) is 31.0 Å². The maximum atomic E-state index is 6.40. The first-order valence-corrected chi connectivity index (χ1v) is 9.78. The fourth-order valence-electron chi connectivity index (χ4n) is 3.40. The van der Waals surface area contributed by atoms with Crippen molar-refractivity contribution in [3.05, 3.63) is 41.0 Å². The molecular weight excluding hydrogens is 400 g/mol. The number of nitrogens with two attached hydrogens (primary N) is 1. The third kappa shape index (κ3) is 3.99. The van der Waals surface area contributed by atoms with E-state index < -0.39 is 5.54 Å². The minimum atomic E-state index is -0.436. The summed E-state index contributed by atoms with van der Waals surface area (Å²) in [6, 6.07) is 5.76. The fourth-order valence-corrected chi connectivity index (χ4v) is 4.22. The van der Waals surface area contributed by atoms with E-state index in [2.05, 4.69) is 10.1 Å². The Morgan fingerprint density at radius 1 is 1.14 bits per heavy atom. The molecule has 4 rings (SSSR count). The van der Waals surface area contributed by atoms with E-state index in [4.69, 9.17) is 24.7 Å². The van der Waals surface area contributed by atoms with Crippen LogP contribution in [0.4, 0.5) is 0 Å². The van der Waals surface area contributed by atoms with Crippen molar-refractivity contribution >= 4 is 23.7 Å². The Labute approximate surface area is 173 Å². The SMILES string of the molecule is COc1ccc(-c2nc(Cc3nc(C4(N)CCCC4)no3)cs2)cc1OC.Cl. The number of hydrogen-bond donors (Lipinski definition) is 1. The highest BCUT2D eigenvalue weighted by Gasteiger charge is 2.36. The first-order chi connectivity index (χ1) is 13.1. The van der Waals surface area contributed by atoms with Crippen LogP contribution in [0.1, 0.15) is 43.1 Å². The molecule has 1 aliphatic carbocycles. The smallest absolute Gasteiger partial charge is 0.232 e. The van der Waals surface area contributed by atoms with E-state index in [0.29, 0.717) is 29.6 Å². The Morgan fingerprint density at radius 3 is 2.61 bits per heavy atom. The minimum absolute atomic E-state index is 0. The molecule has 0 bridgehead atoms. The molecule has 0 radical (unpaired) electrons. The van der Waals surface area contributed by atoms with Gasteiger partial charge in [0.05, 0.1) is 31.9 Å². The van der Waals surface area contributed by atoms with Gasteiger partial charge in [0.15, 0.2) is 17.3 Å². The van der Waals surface area contributed by atoms with Gasteiger partial charge in [0.25, 0.3) is 0 Å². The Bertz CT molecular complexity index is 937. The van der Waals surface area contributed by atoms with Gasteiger partial charge < -0.3 is 19.7 Å². The van der Waals surface area contributed by atoms with Crippen molar-refractivity contribution in [2.75, 3.05) is 14.2 Å². The Morgan fingerprint density at radius 2 is 1.89 bits per heavy atom. The second-order valence-corrected chi connectivity index (χ2v) is 7.62. The van der Waals surface area contributed by atoms with Gasteiger partial charge in [-0.25, -0.2) is 4.98 Å². The lowest BCUT2D eigenvalue weighted by Crippen LogP contribution is -2.34. The average Bonchev–Trinajstić information content (AvgIpc) is 3.43. The van der Waals surface area contributed by atoms with E-state index in [0.717, 1.165) is 41.9 Å². The molecule has 0 amide bonds. The van der Waals surface area contributed by atoms with Crippen LogP contribution in [0.3, 0.4) is 0 Å². The summed E-state index contributed by atoms with van der Waals surface area (Å²) in [5.41, 5.74) is 7.82. The summed E-state index contributed by atoms with van der Waals surface area (Å²) in [7, 11) is 3.24. The molecule has 1 fully saturated rings. The summed E-state index contributed by atoms with van der Waals surface area (Å²) in [6.45, 7) is 0. The van der Waals surface area contributed by atoms with Crippen LogP contribution in [0, 0.1) is 0 Å². The predicted molar refractivity (Wildman–Crippen MR) is 109 cm³/mol. The number of hydrogen-bond acceptors (Lipinski definition) is 8. The second-order valence-electron chi connectivity index (χ2n) is 6.77. The minimum Gasteiger partial charge on any atom is -0.493 e. The summed E-state index contributed by atoms with van der Waals surface area (Å²) in [5, 5.41) is 7.01. The molecular formula is C19H23ClN4O3S. The molecule has 1 aromatic carbocycles. The lowest BCUT2D eigenvalue weighted by molar-refractivity contribution is 0.352. The van der Waals surface area contributed by atoms with Gasteiger partial charge in [-0.3, -0.25) is 0 Å². The molecule has 3 aromatic rings. The van der Waals surface area contributed by atoms with E-state index in [1.54, 1.807) is 25.6 Å². The van der Waals surface area contributed by atoms with Gasteiger partial charge >= 0.3 is 0 Å². The zero-order valence-electron chi connectivity index (χ0n) is 15.8. The van der Waals surface area contributed by atoms with Gasteiger partial charge in [-0.15, -0.1) is 23.7 Å². The number of nitrogens with zero attached hydrogens (tertiary/aromatic N) is 3. The van der Waals surface area contributed by atoms with Gasteiger partial charge in [0.2, 0.25) is 5.89 Å². The Kier molecular flexibility index (Phi) is 6.22.